The molecule has 0 amide bonds. The van der Waals surface area contributed by atoms with Gasteiger partial charge >= 0.3 is 0 Å². The lowest BCUT2D eigenvalue weighted by atomic mass is 10.0. The summed E-state index contributed by atoms with van der Waals surface area (Å²) >= 11 is 1.08. The van der Waals surface area contributed by atoms with E-state index in [1.165, 1.54) is 13.0 Å². The molecule has 2 N–H and O–H groups in total. The molecule has 106 valence electrons. The number of aryl methyl sites for hydroxylation is 1. The number of nitriles is 1. The maximum Gasteiger partial charge on any atom is 0.251 e. The van der Waals surface area contributed by atoms with Crippen molar-refractivity contribution in [2.24, 2.45) is 5.92 Å². The van der Waals surface area contributed by atoms with Crippen LogP contribution < -0.4 is 5.56 Å². The van der Waals surface area contributed by atoms with Gasteiger partial charge in [-0.25, -0.2) is 4.98 Å². The van der Waals surface area contributed by atoms with Gasteiger partial charge in [0.25, 0.3) is 5.56 Å². The van der Waals surface area contributed by atoms with Crippen LogP contribution in [0.2, 0.25) is 0 Å². The molecular formula is C13H16N4O2S. The van der Waals surface area contributed by atoms with Gasteiger partial charge in [-0.1, -0.05) is 25.1 Å². The van der Waals surface area contributed by atoms with Crippen LogP contribution >= 0.6 is 11.8 Å². The van der Waals surface area contributed by atoms with Crippen molar-refractivity contribution in [2.75, 3.05) is 5.75 Å². The fraction of sp³-hybridized carbons (Fsp3) is 0.462. The first-order valence-electron chi connectivity index (χ1n) is 6.18. The smallest absolute Gasteiger partial charge is 0.251 e. The lowest BCUT2D eigenvalue weighted by Crippen LogP contribution is -2.22. The standard InChI is InChI=1S/C13H16N4O2S/c1-3-4-9-5-12(19)17-13(16-9)20-7-11(18)10(6-14)8(2)15/h5,10,15H,3-4,7H2,1-2H3,(H,16,17,19)/t10-/m1/s1. The number of rotatable bonds is 7. The third kappa shape index (κ3) is 4.63. The Labute approximate surface area is 121 Å². The third-order valence-corrected chi connectivity index (χ3v) is 3.41. The predicted molar refractivity (Wildman–Crippen MR) is 77.1 cm³/mol. The first-order chi connectivity index (χ1) is 9.47. The minimum Gasteiger partial charge on any atom is -0.308 e. The van der Waals surface area contributed by atoms with Crippen molar-refractivity contribution < 1.29 is 4.79 Å². The zero-order valence-electron chi connectivity index (χ0n) is 11.4. The zero-order chi connectivity index (χ0) is 15.1. The van der Waals surface area contributed by atoms with Crippen LogP contribution in [-0.4, -0.2) is 27.2 Å². The molecule has 0 unspecified atom stereocenters. The third-order valence-electron chi connectivity index (χ3n) is 2.51. The summed E-state index contributed by atoms with van der Waals surface area (Å²) in [5.41, 5.74) is 0.462. The molecule has 0 fully saturated rings. The molecule has 0 radical (unpaired) electrons. The van der Waals surface area contributed by atoms with Crippen LogP contribution in [0.5, 0.6) is 0 Å². The zero-order valence-corrected chi connectivity index (χ0v) is 12.2. The number of ketones is 1. The summed E-state index contributed by atoms with van der Waals surface area (Å²) in [7, 11) is 0. The first-order valence-corrected chi connectivity index (χ1v) is 7.17. The highest BCUT2D eigenvalue weighted by Gasteiger charge is 2.20. The number of aromatic amines is 1. The Hall–Kier alpha value is -1.94. The second-order valence-electron chi connectivity index (χ2n) is 4.29. The summed E-state index contributed by atoms with van der Waals surface area (Å²) in [6.07, 6.45) is 1.58. The normalized spacial score (nSPS) is 11.7. The minimum atomic E-state index is -1.02. The van der Waals surface area contributed by atoms with Gasteiger partial charge in [0.1, 0.15) is 5.92 Å². The van der Waals surface area contributed by atoms with E-state index in [4.69, 9.17) is 10.7 Å². The maximum atomic E-state index is 11.8. The second kappa shape index (κ2) is 7.60. The highest BCUT2D eigenvalue weighted by atomic mass is 32.2. The molecule has 7 heteroatoms. The highest BCUT2D eigenvalue weighted by Crippen LogP contribution is 2.14. The molecule has 1 heterocycles. The molecule has 1 atom stereocenters. The molecule has 0 spiro atoms. The number of thioether (sulfide) groups is 1. The molecule has 1 rings (SSSR count). The fourth-order valence-corrected chi connectivity index (χ4v) is 2.37. The van der Waals surface area contributed by atoms with Gasteiger partial charge in [-0.2, -0.15) is 5.26 Å². The number of aromatic nitrogens is 2. The van der Waals surface area contributed by atoms with Crippen LogP contribution in [0, 0.1) is 22.7 Å². The van der Waals surface area contributed by atoms with Crippen molar-refractivity contribution in [3.8, 4) is 6.07 Å². The van der Waals surface area contributed by atoms with E-state index < -0.39 is 5.92 Å². The Balaban J connectivity index is 2.75. The summed E-state index contributed by atoms with van der Waals surface area (Å²) in [6, 6.07) is 3.24. The van der Waals surface area contributed by atoms with Crippen LogP contribution in [0.25, 0.3) is 0 Å². The molecule has 20 heavy (non-hydrogen) atoms. The Bertz CT molecular complexity index is 603. The summed E-state index contributed by atoms with van der Waals surface area (Å²) in [5, 5.41) is 16.6. The molecule has 0 saturated carbocycles. The predicted octanol–water partition coefficient (Wildman–Crippen LogP) is 1.56. The van der Waals surface area contributed by atoms with E-state index >= 15 is 0 Å². The molecule has 0 aliphatic carbocycles. The van der Waals surface area contributed by atoms with Gasteiger partial charge in [0, 0.05) is 17.5 Å². The monoisotopic (exact) mass is 292 g/mol. The topological polar surface area (TPSA) is 110 Å². The number of carbonyl (C=O) groups is 1. The van der Waals surface area contributed by atoms with E-state index in [2.05, 4.69) is 9.97 Å². The highest BCUT2D eigenvalue weighted by molar-refractivity contribution is 7.99. The van der Waals surface area contributed by atoms with Crippen LogP contribution in [0.15, 0.2) is 16.0 Å². The van der Waals surface area contributed by atoms with E-state index in [0.29, 0.717) is 17.3 Å². The Morgan fingerprint density at radius 1 is 1.65 bits per heavy atom. The molecule has 6 nitrogen and oxygen atoms in total. The minimum absolute atomic E-state index is 0.00691. The second-order valence-corrected chi connectivity index (χ2v) is 5.26. The van der Waals surface area contributed by atoms with Gasteiger partial charge < -0.3 is 10.4 Å². The maximum absolute atomic E-state index is 11.8. The van der Waals surface area contributed by atoms with Gasteiger partial charge in [0.2, 0.25) is 0 Å². The van der Waals surface area contributed by atoms with Gasteiger partial charge in [0.15, 0.2) is 10.9 Å². The van der Waals surface area contributed by atoms with E-state index in [1.807, 2.05) is 6.92 Å². The molecule has 1 aromatic rings. The van der Waals surface area contributed by atoms with Gasteiger partial charge in [-0.3, -0.25) is 9.59 Å². The van der Waals surface area contributed by atoms with Crippen molar-refractivity contribution in [3.05, 3.63) is 22.1 Å². The van der Waals surface area contributed by atoms with E-state index in [1.54, 1.807) is 6.07 Å². The summed E-state index contributed by atoms with van der Waals surface area (Å²) in [4.78, 5) is 30.0. The lowest BCUT2D eigenvalue weighted by molar-refractivity contribution is -0.117. The fourth-order valence-electron chi connectivity index (χ4n) is 1.57. The van der Waals surface area contributed by atoms with Crippen molar-refractivity contribution in [1.82, 2.24) is 9.97 Å². The summed E-state index contributed by atoms with van der Waals surface area (Å²) in [6.45, 7) is 3.42. The molecule has 0 aliphatic heterocycles. The number of H-pyrrole nitrogens is 1. The average molecular weight is 292 g/mol. The number of hydrogen-bond donors (Lipinski definition) is 2. The van der Waals surface area contributed by atoms with E-state index in [9.17, 15) is 9.59 Å². The first kappa shape index (κ1) is 16.1. The Morgan fingerprint density at radius 2 is 2.35 bits per heavy atom. The van der Waals surface area contributed by atoms with Crippen molar-refractivity contribution in [1.29, 1.82) is 10.7 Å². The van der Waals surface area contributed by atoms with Gasteiger partial charge in [-0.15, -0.1) is 0 Å². The molecule has 0 aromatic carbocycles. The van der Waals surface area contributed by atoms with E-state index in [-0.39, 0.29) is 22.8 Å². The number of nitrogens with zero attached hydrogens (tertiary/aromatic N) is 2. The number of Topliss-reactive ketones (excluding diaryl/α,β-unsaturated/α-hetero) is 1. The van der Waals surface area contributed by atoms with Crippen molar-refractivity contribution in [3.63, 3.8) is 0 Å². The number of nitrogens with one attached hydrogen (secondary N) is 2. The molecule has 1 aromatic heterocycles. The lowest BCUT2D eigenvalue weighted by Gasteiger charge is -2.06. The van der Waals surface area contributed by atoms with Crippen molar-refractivity contribution >= 4 is 23.3 Å². The quantitative estimate of drug-likeness (QED) is 0.450. The largest absolute Gasteiger partial charge is 0.308 e. The summed E-state index contributed by atoms with van der Waals surface area (Å²) < 4.78 is 0. The van der Waals surface area contributed by atoms with Gasteiger partial charge in [-0.05, 0) is 13.3 Å². The molecule has 0 saturated heterocycles. The van der Waals surface area contributed by atoms with Crippen LogP contribution in [0.3, 0.4) is 0 Å². The SMILES string of the molecule is CCCc1cc(=O)[nH]c(SCC(=O)[C@H](C#N)C(C)=N)n1. The van der Waals surface area contributed by atoms with Crippen LogP contribution in [-0.2, 0) is 11.2 Å². The van der Waals surface area contributed by atoms with E-state index in [0.717, 1.165) is 18.2 Å². The Morgan fingerprint density at radius 3 is 2.90 bits per heavy atom. The molecular weight excluding hydrogens is 276 g/mol. The van der Waals surface area contributed by atoms with Crippen LogP contribution in [0.1, 0.15) is 26.0 Å². The number of hydrogen-bond acceptors (Lipinski definition) is 6. The van der Waals surface area contributed by atoms with Crippen LogP contribution in [0.4, 0.5) is 0 Å². The van der Waals surface area contributed by atoms with Crippen molar-refractivity contribution in [2.45, 2.75) is 31.8 Å². The van der Waals surface area contributed by atoms with Gasteiger partial charge in [0.05, 0.1) is 11.8 Å². The Kier molecular flexibility index (Phi) is 6.12. The molecule has 0 aliphatic rings. The number of carbonyl (C=O) groups excluding carboxylic acids is 1. The molecule has 0 bridgehead atoms. The summed E-state index contributed by atoms with van der Waals surface area (Å²) in [5.74, 6) is -1.37. The average Bonchev–Trinajstić information content (AvgIpc) is 2.36.